The maximum absolute atomic E-state index is 12.6. The molecule has 1 aliphatic rings. The van der Waals surface area contributed by atoms with E-state index < -0.39 is 0 Å². The van der Waals surface area contributed by atoms with Crippen molar-refractivity contribution in [3.05, 3.63) is 42.1 Å². The van der Waals surface area contributed by atoms with Crippen molar-refractivity contribution in [1.82, 2.24) is 9.88 Å². The van der Waals surface area contributed by atoms with Crippen molar-refractivity contribution in [2.45, 2.75) is 6.04 Å². The number of hydrogen-bond donors (Lipinski definition) is 0. The van der Waals surface area contributed by atoms with Crippen LogP contribution in [0.5, 0.6) is 0 Å². The number of benzene rings is 1. The van der Waals surface area contributed by atoms with E-state index in [-0.39, 0.29) is 11.9 Å². The summed E-state index contributed by atoms with van der Waals surface area (Å²) in [6.07, 6.45) is 0. The van der Waals surface area contributed by atoms with Gasteiger partial charge >= 0.3 is 0 Å². The number of ether oxygens (including phenoxy) is 1. The molecule has 1 amide bonds. The van der Waals surface area contributed by atoms with Crippen molar-refractivity contribution < 1.29 is 9.53 Å². The number of amides is 1. The average molecular weight is 335 g/mol. The van der Waals surface area contributed by atoms with Gasteiger partial charge in [-0.05, 0) is 12.1 Å². The summed E-state index contributed by atoms with van der Waals surface area (Å²) in [6, 6.07) is 11.6. The lowest BCUT2D eigenvalue weighted by Crippen LogP contribution is -2.49. The molecule has 4 nitrogen and oxygen atoms in total. The van der Waals surface area contributed by atoms with Crippen molar-refractivity contribution in [3.63, 3.8) is 0 Å². The van der Waals surface area contributed by atoms with E-state index in [1.54, 1.807) is 6.07 Å². The second-order valence-electron chi connectivity index (χ2n) is 4.77. The molecule has 0 spiro atoms. The predicted molar refractivity (Wildman–Crippen MR) is 81.2 cm³/mol. The van der Waals surface area contributed by atoms with Crippen molar-refractivity contribution in [2.75, 3.05) is 25.1 Å². The molecule has 2 heterocycles. The van der Waals surface area contributed by atoms with Crippen LogP contribution in [0.1, 0.15) is 10.5 Å². The van der Waals surface area contributed by atoms with Gasteiger partial charge in [-0.2, -0.15) is 0 Å². The standard InChI is InChI=1S/C15H15BrN2O2/c16-9-12-10-20-8-7-18(12)15(19)14-6-5-11-3-1-2-4-13(11)17-14/h1-6,12H,7-10H2. The highest BCUT2D eigenvalue weighted by Crippen LogP contribution is 2.16. The second-order valence-corrected chi connectivity index (χ2v) is 5.42. The van der Waals surface area contributed by atoms with Crippen LogP contribution >= 0.6 is 15.9 Å². The van der Waals surface area contributed by atoms with Crippen molar-refractivity contribution in [1.29, 1.82) is 0 Å². The summed E-state index contributed by atoms with van der Waals surface area (Å²) in [5.41, 5.74) is 1.35. The maximum Gasteiger partial charge on any atom is 0.272 e. The smallest absolute Gasteiger partial charge is 0.272 e. The second kappa shape index (κ2) is 5.89. The SMILES string of the molecule is O=C(c1ccc2ccccc2n1)N1CCOCC1CBr. The number of para-hydroxylation sites is 1. The maximum atomic E-state index is 12.6. The zero-order valence-electron chi connectivity index (χ0n) is 11.0. The lowest BCUT2D eigenvalue weighted by molar-refractivity contribution is 0.00494. The first-order chi connectivity index (χ1) is 9.79. The summed E-state index contributed by atoms with van der Waals surface area (Å²) in [4.78, 5) is 18.9. The Morgan fingerprint density at radius 2 is 2.20 bits per heavy atom. The number of carbonyl (C=O) groups excluding carboxylic acids is 1. The summed E-state index contributed by atoms with van der Waals surface area (Å²) in [5, 5.41) is 1.76. The molecule has 1 aromatic carbocycles. The molecule has 1 aromatic heterocycles. The van der Waals surface area contributed by atoms with Crippen LogP contribution in [-0.4, -0.2) is 46.9 Å². The van der Waals surface area contributed by atoms with Crippen LogP contribution in [0.4, 0.5) is 0 Å². The fraction of sp³-hybridized carbons (Fsp3) is 0.333. The van der Waals surface area contributed by atoms with E-state index >= 15 is 0 Å². The Morgan fingerprint density at radius 1 is 1.35 bits per heavy atom. The van der Waals surface area contributed by atoms with Crippen LogP contribution in [0.3, 0.4) is 0 Å². The molecule has 1 atom stereocenters. The molecule has 20 heavy (non-hydrogen) atoms. The molecule has 5 heteroatoms. The molecule has 1 saturated heterocycles. The number of hydrogen-bond acceptors (Lipinski definition) is 3. The van der Waals surface area contributed by atoms with E-state index in [9.17, 15) is 4.79 Å². The number of halogens is 1. The molecule has 104 valence electrons. The van der Waals surface area contributed by atoms with E-state index in [1.165, 1.54) is 0 Å². The van der Waals surface area contributed by atoms with Crippen LogP contribution in [0.25, 0.3) is 10.9 Å². The molecular weight excluding hydrogens is 320 g/mol. The Morgan fingerprint density at radius 3 is 3.05 bits per heavy atom. The monoisotopic (exact) mass is 334 g/mol. The van der Waals surface area contributed by atoms with E-state index in [2.05, 4.69) is 20.9 Å². The highest BCUT2D eigenvalue weighted by molar-refractivity contribution is 9.09. The summed E-state index contributed by atoms with van der Waals surface area (Å²) in [6.45, 7) is 1.77. The molecule has 3 rings (SSSR count). The van der Waals surface area contributed by atoms with Gasteiger partial charge in [0.1, 0.15) is 5.69 Å². The zero-order valence-corrected chi connectivity index (χ0v) is 12.5. The highest BCUT2D eigenvalue weighted by atomic mass is 79.9. The number of rotatable bonds is 2. The first kappa shape index (κ1) is 13.5. The predicted octanol–water partition coefficient (Wildman–Crippen LogP) is 2.47. The molecule has 0 radical (unpaired) electrons. The molecule has 1 unspecified atom stereocenters. The van der Waals surface area contributed by atoms with Gasteiger partial charge in [0, 0.05) is 17.3 Å². The van der Waals surface area contributed by atoms with Gasteiger partial charge in [0.25, 0.3) is 5.91 Å². The van der Waals surface area contributed by atoms with Crippen LogP contribution in [0.2, 0.25) is 0 Å². The molecule has 0 bridgehead atoms. The van der Waals surface area contributed by atoms with E-state index in [0.29, 0.717) is 30.8 Å². The number of fused-ring (bicyclic) bond motifs is 1. The van der Waals surface area contributed by atoms with Crippen molar-refractivity contribution >= 4 is 32.7 Å². The number of aromatic nitrogens is 1. The summed E-state index contributed by atoms with van der Waals surface area (Å²) in [5.74, 6) is -0.0245. The van der Waals surface area contributed by atoms with Crippen LogP contribution in [-0.2, 0) is 4.74 Å². The summed E-state index contributed by atoms with van der Waals surface area (Å²) >= 11 is 3.44. The van der Waals surface area contributed by atoms with Gasteiger partial charge in [0.05, 0.1) is 24.8 Å². The minimum atomic E-state index is -0.0245. The number of nitrogens with zero attached hydrogens (tertiary/aromatic N) is 2. The molecule has 0 aliphatic carbocycles. The third-order valence-electron chi connectivity index (χ3n) is 3.48. The van der Waals surface area contributed by atoms with Crippen LogP contribution < -0.4 is 0 Å². The first-order valence-electron chi connectivity index (χ1n) is 6.60. The fourth-order valence-corrected chi connectivity index (χ4v) is 2.92. The minimum Gasteiger partial charge on any atom is -0.377 e. The molecule has 2 aromatic rings. The van der Waals surface area contributed by atoms with Gasteiger partial charge in [-0.3, -0.25) is 4.79 Å². The number of alkyl halides is 1. The number of morpholine rings is 1. The molecule has 1 fully saturated rings. The summed E-state index contributed by atoms with van der Waals surface area (Å²) in [7, 11) is 0. The van der Waals surface area contributed by atoms with E-state index in [4.69, 9.17) is 4.74 Å². The fourth-order valence-electron chi connectivity index (χ4n) is 2.38. The highest BCUT2D eigenvalue weighted by Gasteiger charge is 2.27. The first-order valence-corrected chi connectivity index (χ1v) is 7.72. The van der Waals surface area contributed by atoms with Gasteiger partial charge in [-0.1, -0.05) is 40.2 Å². The Labute approximate surface area is 125 Å². The normalized spacial score (nSPS) is 19.2. The van der Waals surface area contributed by atoms with Crippen LogP contribution in [0, 0.1) is 0 Å². The van der Waals surface area contributed by atoms with Crippen molar-refractivity contribution in [3.8, 4) is 0 Å². The van der Waals surface area contributed by atoms with E-state index in [0.717, 1.165) is 10.9 Å². The quantitative estimate of drug-likeness (QED) is 0.792. The lowest BCUT2D eigenvalue weighted by Gasteiger charge is -2.34. The molecule has 0 N–H and O–H groups in total. The summed E-state index contributed by atoms with van der Waals surface area (Å²) < 4.78 is 5.42. The molecular formula is C15H15BrN2O2. The molecule has 0 saturated carbocycles. The van der Waals surface area contributed by atoms with Crippen molar-refractivity contribution in [2.24, 2.45) is 0 Å². The zero-order chi connectivity index (χ0) is 13.9. The van der Waals surface area contributed by atoms with Gasteiger partial charge < -0.3 is 9.64 Å². The Bertz CT molecular complexity index is 632. The van der Waals surface area contributed by atoms with Gasteiger partial charge in [-0.15, -0.1) is 0 Å². The average Bonchev–Trinajstić information content (AvgIpc) is 2.53. The third-order valence-corrected chi connectivity index (χ3v) is 4.23. The van der Waals surface area contributed by atoms with Gasteiger partial charge in [0.15, 0.2) is 0 Å². The lowest BCUT2D eigenvalue weighted by atomic mass is 10.1. The van der Waals surface area contributed by atoms with E-state index in [1.807, 2.05) is 35.2 Å². The number of carbonyl (C=O) groups is 1. The largest absolute Gasteiger partial charge is 0.377 e. The van der Waals surface area contributed by atoms with Crippen LogP contribution in [0.15, 0.2) is 36.4 Å². The topological polar surface area (TPSA) is 42.4 Å². The minimum absolute atomic E-state index is 0.0245. The Hall–Kier alpha value is -1.46. The third kappa shape index (κ3) is 2.55. The Balaban J connectivity index is 1.91. The Kier molecular flexibility index (Phi) is 3.98. The van der Waals surface area contributed by atoms with Gasteiger partial charge in [0.2, 0.25) is 0 Å². The number of pyridine rings is 1. The molecule has 1 aliphatic heterocycles. The van der Waals surface area contributed by atoms with Gasteiger partial charge in [-0.25, -0.2) is 4.98 Å².